The van der Waals surface area contributed by atoms with E-state index in [-0.39, 0.29) is 10.8 Å². The molecule has 29 heavy (non-hydrogen) atoms. The van der Waals surface area contributed by atoms with Crippen LogP contribution in [0.25, 0.3) is 0 Å². The average molecular weight is 417 g/mol. The van der Waals surface area contributed by atoms with Crippen molar-refractivity contribution in [2.24, 2.45) is 5.92 Å². The summed E-state index contributed by atoms with van der Waals surface area (Å²) in [6.45, 7) is 6.79. The number of rotatable bonds is 10. The summed E-state index contributed by atoms with van der Waals surface area (Å²) in [5, 5.41) is 2.99. The Labute approximate surface area is 175 Å². The number of unbranched alkanes of at least 4 members (excludes halogenated alkanes) is 1. The first-order valence-corrected chi connectivity index (χ1v) is 11.7. The minimum atomic E-state index is -3.76. The van der Waals surface area contributed by atoms with Crippen LogP contribution < -0.4 is 9.62 Å². The first-order chi connectivity index (χ1) is 13.8. The Bertz CT molecular complexity index is 908. The summed E-state index contributed by atoms with van der Waals surface area (Å²) < 4.78 is 27.3. The molecule has 0 radical (unpaired) electrons. The summed E-state index contributed by atoms with van der Waals surface area (Å²) in [7, 11) is -2.28. The molecule has 0 heterocycles. The first-order valence-electron chi connectivity index (χ1n) is 10.2. The van der Waals surface area contributed by atoms with Gasteiger partial charge in [-0.05, 0) is 43.5 Å². The van der Waals surface area contributed by atoms with Crippen LogP contribution >= 0.6 is 0 Å². The van der Waals surface area contributed by atoms with E-state index in [2.05, 4.69) is 19.2 Å². The summed E-state index contributed by atoms with van der Waals surface area (Å²) in [5.74, 6) is 0.182. The van der Waals surface area contributed by atoms with Gasteiger partial charge in [0.15, 0.2) is 0 Å². The van der Waals surface area contributed by atoms with Gasteiger partial charge in [-0.2, -0.15) is 0 Å². The maximum absolute atomic E-state index is 13.0. The Kier molecular flexibility index (Phi) is 8.26. The molecule has 0 aliphatic heterocycles. The third-order valence-electron chi connectivity index (χ3n) is 5.26. The molecule has 0 fully saturated rings. The topological polar surface area (TPSA) is 66.5 Å². The summed E-state index contributed by atoms with van der Waals surface area (Å²) in [5.41, 5.74) is 1.71. The van der Waals surface area contributed by atoms with Gasteiger partial charge >= 0.3 is 0 Å². The molecule has 0 aliphatic rings. The molecular weight excluding hydrogens is 384 g/mol. The lowest BCUT2D eigenvalue weighted by atomic mass is 9.99. The average Bonchev–Trinajstić information content (AvgIpc) is 2.73. The van der Waals surface area contributed by atoms with Crippen LogP contribution in [0.15, 0.2) is 53.4 Å². The zero-order valence-corrected chi connectivity index (χ0v) is 18.6. The molecule has 0 bridgehead atoms. The second-order valence-corrected chi connectivity index (χ2v) is 9.40. The Morgan fingerprint density at radius 2 is 1.72 bits per heavy atom. The standard InChI is InChI=1S/C23H32N2O3S/c1-5-7-10-19(6-2)17-24-23(26)21-11-8-9-12-22(21)25(4)29(27,28)20-15-13-18(3)14-16-20/h8-9,11-16,19H,5-7,10,17H2,1-4H3,(H,24,26). The third-order valence-corrected chi connectivity index (χ3v) is 7.05. The van der Waals surface area contributed by atoms with Crippen molar-refractivity contribution in [3.63, 3.8) is 0 Å². The van der Waals surface area contributed by atoms with E-state index in [1.165, 1.54) is 11.4 Å². The van der Waals surface area contributed by atoms with Crippen LogP contribution in [0.2, 0.25) is 0 Å². The van der Waals surface area contributed by atoms with Crippen molar-refractivity contribution >= 4 is 21.6 Å². The van der Waals surface area contributed by atoms with Crippen molar-refractivity contribution in [1.82, 2.24) is 5.32 Å². The molecule has 2 aromatic carbocycles. The van der Waals surface area contributed by atoms with Gasteiger partial charge in [-0.3, -0.25) is 9.10 Å². The predicted octanol–water partition coefficient (Wildman–Crippen LogP) is 4.77. The molecule has 1 atom stereocenters. The van der Waals surface area contributed by atoms with E-state index in [0.29, 0.717) is 23.7 Å². The van der Waals surface area contributed by atoms with Crippen molar-refractivity contribution < 1.29 is 13.2 Å². The number of nitrogens with one attached hydrogen (secondary N) is 1. The number of sulfonamides is 1. The maximum atomic E-state index is 13.0. The molecule has 158 valence electrons. The van der Waals surface area contributed by atoms with Crippen molar-refractivity contribution in [1.29, 1.82) is 0 Å². The van der Waals surface area contributed by atoms with Crippen molar-refractivity contribution in [3.05, 3.63) is 59.7 Å². The number of carbonyl (C=O) groups is 1. The molecule has 0 spiro atoms. The quantitative estimate of drug-likeness (QED) is 0.607. The van der Waals surface area contributed by atoms with Gasteiger partial charge in [-0.15, -0.1) is 0 Å². The second-order valence-electron chi connectivity index (χ2n) is 7.43. The van der Waals surface area contributed by atoms with E-state index < -0.39 is 10.0 Å². The van der Waals surface area contributed by atoms with Gasteiger partial charge in [0.2, 0.25) is 0 Å². The number of nitrogens with zero attached hydrogens (tertiary/aromatic N) is 1. The van der Waals surface area contributed by atoms with Crippen LogP contribution in [-0.2, 0) is 10.0 Å². The molecule has 1 unspecified atom stereocenters. The SMILES string of the molecule is CCCCC(CC)CNC(=O)c1ccccc1N(C)S(=O)(=O)c1ccc(C)cc1. The number of hydrogen-bond acceptors (Lipinski definition) is 3. The lowest BCUT2D eigenvalue weighted by molar-refractivity contribution is 0.0946. The minimum absolute atomic E-state index is 0.200. The number of hydrogen-bond donors (Lipinski definition) is 1. The number of amides is 1. The van der Waals surface area contributed by atoms with Crippen LogP contribution in [0.1, 0.15) is 55.5 Å². The highest BCUT2D eigenvalue weighted by Crippen LogP contribution is 2.26. The van der Waals surface area contributed by atoms with Gasteiger partial charge < -0.3 is 5.32 Å². The Balaban J connectivity index is 2.23. The summed E-state index contributed by atoms with van der Waals surface area (Å²) in [6, 6.07) is 13.5. The largest absolute Gasteiger partial charge is 0.352 e. The van der Waals surface area contributed by atoms with E-state index in [4.69, 9.17) is 0 Å². The smallest absolute Gasteiger partial charge is 0.264 e. The zero-order valence-electron chi connectivity index (χ0n) is 17.8. The monoisotopic (exact) mass is 416 g/mol. The van der Waals surface area contributed by atoms with Gasteiger partial charge in [0.05, 0.1) is 16.1 Å². The Morgan fingerprint density at radius 1 is 1.07 bits per heavy atom. The molecular formula is C23H32N2O3S. The van der Waals surface area contributed by atoms with Gasteiger partial charge in [-0.1, -0.05) is 62.9 Å². The lowest BCUT2D eigenvalue weighted by Gasteiger charge is -2.23. The van der Waals surface area contributed by atoms with Crippen LogP contribution in [-0.4, -0.2) is 27.9 Å². The van der Waals surface area contributed by atoms with Crippen molar-refractivity contribution in [2.45, 2.75) is 51.3 Å². The Morgan fingerprint density at radius 3 is 2.34 bits per heavy atom. The van der Waals surface area contributed by atoms with E-state index in [9.17, 15) is 13.2 Å². The molecule has 0 saturated heterocycles. The summed E-state index contributed by atoms with van der Waals surface area (Å²) >= 11 is 0. The molecule has 5 nitrogen and oxygen atoms in total. The Hall–Kier alpha value is -2.34. The number of aryl methyl sites for hydroxylation is 1. The zero-order chi connectivity index (χ0) is 21.4. The van der Waals surface area contributed by atoms with E-state index in [1.807, 2.05) is 6.92 Å². The molecule has 2 aromatic rings. The van der Waals surface area contributed by atoms with Crippen LogP contribution in [0.4, 0.5) is 5.69 Å². The second kappa shape index (κ2) is 10.4. The van der Waals surface area contributed by atoms with Crippen LogP contribution in [0.5, 0.6) is 0 Å². The fourth-order valence-electron chi connectivity index (χ4n) is 3.21. The van der Waals surface area contributed by atoms with Gasteiger partial charge in [0.25, 0.3) is 15.9 Å². The molecule has 6 heteroatoms. The van der Waals surface area contributed by atoms with E-state index in [0.717, 1.165) is 31.2 Å². The fourth-order valence-corrected chi connectivity index (χ4v) is 4.43. The van der Waals surface area contributed by atoms with E-state index in [1.54, 1.807) is 48.5 Å². The molecule has 1 amide bonds. The minimum Gasteiger partial charge on any atom is -0.352 e. The van der Waals surface area contributed by atoms with Gasteiger partial charge in [0, 0.05) is 13.6 Å². The summed E-state index contributed by atoms with van der Waals surface area (Å²) in [6.07, 6.45) is 4.36. The van der Waals surface area contributed by atoms with Crippen molar-refractivity contribution in [3.8, 4) is 0 Å². The molecule has 0 saturated carbocycles. The normalized spacial score (nSPS) is 12.4. The third kappa shape index (κ3) is 5.82. The maximum Gasteiger partial charge on any atom is 0.264 e. The predicted molar refractivity (Wildman–Crippen MR) is 119 cm³/mol. The number of benzene rings is 2. The molecule has 1 N–H and O–H groups in total. The molecule has 0 aromatic heterocycles. The van der Waals surface area contributed by atoms with Crippen molar-refractivity contribution in [2.75, 3.05) is 17.9 Å². The number of para-hydroxylation sites is 1. The molecule has 0 aliphatic carbocycles. The highest BCUT2D eigenvalue weighted by molar-refractivity contribution is 7.92. The highest BCUT2D eigenvalue weighted by atomic mass is 32.2. The van der Waals surface area contributed by atoms with Gasteiger partial charge in [-0.25, -0.2) is 8.42 Å². The summed E-state index contributed by atoms with van der Waals surface area (Å²) in [4.78, 5) is 13.0. The van der Waals surface area contributed by atoms with Crippen LogP contribution in [0.3, 0.4) is 0 Å². The lowest BCUT2D eigenvalue weighted by Crippen LogP contribution is -2.32. The van der Waals surface area contributed by atoms with E-state index >= 15 is 0 Å². The van der Waals surface area contributed by atoms with Gasteiger partial charge in [0.1, 0.15) is 0 Å². The fraction of sp³-hybridized carbons (Fsp3) is 0.435. The number of anilines is 1. The first kappa shape index (κ1) is 22.9. The number of carbonyl (C=O) groups excluding carboxylic acids is 1. The highest BCUT2D eigenvalue weighted by Gasteiger charge is 2.25. The van der Waals surface area contributed by atoms with Crippen LogP contribution in [0, 0.1) is 12.8 Å². The molecule has 2 rings (SSSR count).